The molecule has 1 rings (SSSR count). The molecule has 2 unspecified atom stereocenters. The van der Waals surface area contributed by atoms with E-state index in [0.717, 1.165) is 13.1 Å². The van der Waals surface area contributed by atoms with E-state index in [-0.39, 0.29) is 0 Å². The summed E-state index contributed by atoms with van der Waals surface area (Å²) in [5.74, 6) is 0.651. The zero-order valence-electron chi connectivity index (χ0n) is 11.2. The smallest absolute Gasteiger partial charge is 0.0963 e. The molecule has 0 saturated carbocycles. The summed E-state index contributed by atoms with van der Waals surface area (Å²) < 4.78 is 0. The first-order chi connectivity index (χ1) is 7.69. The minimum absolute atomic E-state index is 0.393. The van der Waals surface area contributed by atoms with Crippen molar-refractivity contribution in [3.63, 3.8) is 0 Å². The summed E-state index contributed by atoms with van der Waals surface area (Å²) in [5, 5.41) is 12.8. The van der Waals surface area contributed by atoms with E-state index < -0.39 is 0 Å². The lowest BCUT2D eigenvalue weighted by Gasteiger charge is -2.26. The quantitative estimate of drug-likeness (QED) is 0.668. The second kappa shape index (κ2) is 6.84. The molecule has 94 valence electrons. The van der Waals surface area contributed by atoms with Crippen molar-refractivity contribution in [2.45, 2.75) is 52.5 Å². The average molecular weight is 226 g/mol. The molecule has 0 spiro atoms. The Balaban J connectivity index is 2.32. The van der Waals surface area contributed by atoms with Crippen LogP contribution in [0.4, 0.5) is 0 Å². The number of unbranched alkanes of at least 4 members (excludes halogenated alkanes) is 1. The molecule has 0 aliphatic carbocycles. The van der Waals surface area contributed by atoms with Gasteiger partial charge < -0.3 is 0 Å². The summed E-state index contributed by atoms with van der Waals surface area (Å²) in [4.78, 5) is 0. The van der Waals surface area contributed by atoms with Gasteiger partial charge in [-0.3, -0.25) is 0 Å². The van der Waals surface area contributed by atoms with E-state index in [2.05, 4.69) is 43.2 Å². The van der Waals surface area contributed by atoms with E-state index in [4.69, 9.17) is 0 Å². The van der Waals surface area contributed by atoms with Crippen LogP contribution in [0, 0.1) is 5.92 Å². The maximum Gasteiger partial charge on any atom is 0.0963 e. The third kappa shape index (κ3) is 3.74. The van der Waals surface area contributed by atoms with Crippen LogP contribution in [0.1, 0.15) is 46.5 Å². The Morgan fingerprint density at radius 1 is 1.38 bits per heavy atom. The molecule has 1 heterocycles. The number of nitrogens with zero attached hydrogens (tertiary/aromatic N) is 4. The zero-order chi connectivity index (χ0) is 12.0. The third-order valence-electron chi connectivity index (χ3n) is 3.28. The van der Waals surface area contributed by atoms with Crippen molar-refractivity contribution in [1.82, 2.24) is 10.1 Å². The largest absolute Gasteiger partial charge is 0.207 e. The first-order valence-electron chi connectivity index (χ1n) is 6.58. The fourth-order valence-corrected chi connectivity index (χ4v) is 2.02. The third-order valence-corrected chi connectivity index (χ3v) is 3.28. The van der Waals surface area contributed by atoms with Crippen LogP contribution in [-0.4, -0.2) is 36.3 Å². The van der Waals surface area contributed by atoms with Crippen molar-refractivity contribution in [3.8, 4) is 0 Å². The molecule has 0 fully saturated rings. The average Bonchev–Trinajstić information content (AvgIpc) is 2.75. The molecule has 0 amide bonds. The molecule has 0 aromatic rings. The molecule has 16 heavy (non-hydrogen) atoms. The SMILES string of the molecule is CCCCN(C)N1CC(C(C)CCC)N=N1. The van der Waals surface area contributed by atoms with Gasteiger partial charge in [-0.15, -0.1) is 0 Å². The maximum absolute atomic E-state index is 4.37. The molecule has 4 heteroatoms. The van der Waals surface area contributed by atoms with E-state index in [1.165, 1.54) is 25.7 Å². The highest BCUT2D eigenvalue weighted by molar-refractivity contribution is 4.77. The lowest BCUT2D eigenvalue weighted by molar-refractivity contribution is 0.00671. The minimum Gasteiger partial charge on any atom is -0.207 e. The molecule has 0 bridgehead atoms. The van der Waals surface area contributed by atoms with Crippen molar-refractivity contribution in [3.05, 3.63) is 0 Å². The predicted molar refractivity (Wildman–Crippen MR) is 67.0 cm³/mol. The summed E-state index contributed by atoms with van der Waals surface area (Å²) >= 11 is 0. The minimum atomic E-state index is 0.393. The fraction of sp³-hybridized carbons (Fsp3) is 1.00. The summed E-state index contributed by atoms with van der Waals surface area (Å²) in [6.07, 6.45) is 4.93. The van der Waals surface area contributed by atoms with Gasteiger partial charge in [-0.2, -0.15) is 5.11 Å². The van der Waals surface area contributed by atoms with Crippen molar-refractivity contribution >= 4 is 0 Å². The molecule has 0 radical (unpaired) electrons. The van der Waals surface area contributed by atoms with Crippen LogP contribution in [0.15, 0.2) is 10.3 Å². The second-order valence-corrected chi connectivity index (χ2v) is 4.83. The summed E-state index contributed by atoms with van der Waals surface area (Å²) in [7, 11) is 2.10. The van der Waals surface area contributed by atoms with Gasteiger partial charge in [-0.05, 0) is 18.8 Å². The van der Waals surface area contributed by atoms with E-state index >= 15 is 0 Å². The van der Waals surface area contributed by atoms with Crippen molar-refractivity contribution in [2.24, 2.45) is 16.3 Å². The van der Waals surface area contributed by atoms with Crippen molar-refractivity contribution < 1.29 is 0 Å². The van der Waals surface area contributed by atoms with Crippen LogP contribution in [0.25, 0.3) is 0 Å². The first kappa shape index (κ1) is 13.4. The van der Waals surface area contributed by atoms with Crippen LogP contribution >= 0.6 is 0 Å². The summed E-state index contributed by atoms with van der Waals surface area (Å²) in [5.41, 5.74) is 0. The molecular formula is C12H26N4. The number of rotatable bonds is 7. The number of hydrazine groups is 1. The lowest BCUT2D eigenvalue weighted by atomic mass is 9.98. The van der Waals surface area contributed by atoms with Gasteiger partial charge >= 0.3 is 0 Å². The Kier molecular flexibility index (Phi) is 5.74. The van der Waals surface area contributed by atoms with Gasteiger partial charge in [0, 0.05) is 13.6 Å². The highest BCUT2D eigenvalue weighted by Gasteiger charge is 2.26. The Hall–Kier alpha value is -0.640. The molecule has 0 N–H and O–H groups in total. The molecular weight excluding hydrogens is 200 g/mol. The summed E-state index contributed by atoms with van der Waals surface area (Å²) in [6.45, 7) is 8.76. The molecule has 2 atom stereocenters. The van der Waals surface area contributed by atoms with E-state index in [1.807, 2.05) is 5.12 Å². The van der Waals surface area contributed by atoms with Gasteiger partial charge in [0.15, 0.2) is 0 Å². The van der Waals surface area contributed by atoms with E-state index in [0.29, 0.717) is 12.0 Å². The van der Waals surface area contributed by atoms with Crippen LogP contribution in [0.2, 0.25) is 0 Å². The monoisotopic (exact) mass is 226 g/mol. The molecule has 0 aromatic carbocycles. The molecule has 0 saturated heterocycles. The van der Waals surface area contributed by atoms with Gasteiger partial charge in [-0.1, -0.05) is 38.8 Å². The molecule has 1 aliphatic heterocycles. The fourth-order valence-electron chi connectivity index (χ4n) is 2.02. The molecule has 1 aliphatic rings. The Labute approximate surface area is 99.7 Å². The van der Waals surface area contributed by atoms with Crippen LogP contribution in [0.5, 0.6) is 0 Å². The standard InChI is InChI=1S/C12H26N4/c1-5-7-9-15(4)16-10-12(13-14-16)11(3)8-6-2/h11-12H,5-10H2,1-4H3. The van der Waals surface area contributed by atoms with Gasteiger partial charge in [0.05, 0.1) is 12.6 Å². The first-order valence-corrected chi connectivity index (χ1v) is 6.58. The highest BCUT2D eigenvalue weighted by atomic mass is 15.8. The Bertz CT molecular complexity index is 217. The van der Waals surface area contributed by atoms with Gasteiger partial charge in [0.25, 0.3) is 0 Å². The number of hydrogen-bond acceptors (Lipinski definition) is 4. The van der Waals surface area contributed by atoms with E-state index in [9.17, 15) is 0 Å². The highest BCUT2D eigenvalue weighted by Crippen LogP contribution is 2.21. The lowest BCUT2D eigenvalue weighted by Crippen LogP contribution is -2.38. The van der Waals surface area contributed by atoms with Crippen LogP contribution < -0.4 is 0 Å². The normalized spacial score (nSPS) is 22.1. The Morgan fingerprint density at radius 3 is 2.75 bits per heavy atom. The zero-order valence-corrected chi connectivity index (χ0v) is 11.2. The maximum atomic E-state index is 4.37. The second-order valence-electron chi connectivity index (χ2n) is 4.83. The summed E-state index contributed by atoms with van der Waals surface area (Å²) in [6, 6.07) is 0.393. The molecule has 4 nitrogen and oxygen atoms in total. The van der Waals surface area contributed by atoms with Crippen molar-refractivity contribution in [1.29, 1.82) is 0 Å². The van der Waals surface area contributed by atoms with Gasteiger partial charge in [-0.25, -0.2) is 10.1 Å². The van der Waals surface area contributed by atoms with Gasteiger partial charge in [0.1, 0.15) is 0 Å². The van der Waals surface area contributed by atoms with Crippen LogP contribution in [-0.2, 0) is 0 Å². The van der Waals surface area contributed by atoms with E-state index in [1.54, 1.807) is 0 Å². The Morgan fingerprint density at radius 2 is 2.12 bits per heavy atom. The van der Waals surface area contributed by atoms with Gasteiger partial charge in [0.2, 0.25) is 0 Å². The number of hydrogen-bond donors (Lipinski definition) is 0. The topological polar surface area (TPSA) is 31.2 Å². The predicted octanol–water partition coefficient (Wildman–Crippen LogP) is 3.12. The van der Waals surface area contributed by atoms with Crippen LogP contribution in [0.3, 0.4) is 0 Å². The van der Waals surface area contributed by atoms with Crippen molar-refractivity contribution in [2.75, 3.05) is 20.1 Å². The molecule has 0 aromatic heterocycles.